The maximum absolute atomic E-state index is 4.04. The predicted octanol–water partition coefficient (Wildman–Crippen LogP) is 3.21. The molecule has 0 spiro atoms. The van der Waals surface area contributed by atoms with Crippen molar-refractivity contribution in [2.45, 2.75) is 19.0 Å². The minimum absolute atomic E-state index is 0.562. The molecule has 1 aliphatic heterocycles. The summed E-state index contributed by atoms with van der Waals surface area (Å²) in [5.74, 6) is 0. The van der Waals surface area contributed by atoms with Crippen LogP contribution >= 0.6 is 15.9 Å². The van der Waals surface area contributed by atoms with Crippen LogP contribution in [0.15, 0.2) is 53.3 Å². The molecule has 0 radical (unpaired) electrons. The Morgan fingerprint density at radius 3 is 2.65 bits per heavy atom. The maximum Gasteiger partial charge on any atom is 0.0367 e. The van der Waals surface area contributed by atoms with Gasteiger partial charge < -0.3 is 10.2 Å². The number of aromatic nitrogens is 1. The molecule has 1 aliphatic rings. The van der Waals surface area contributed by atoms with E-state index in [1.165, 1.54) is 17.7 Å². The lowest BCUT2D eigenvalue weighted by atomic mass is 10.2. The summed E-state index contributed by atoms with van der Waals surface area (Å²) in [6.45, 7) is 3.11. The van der Waals surface area contributed by atoms with Gasteiger partial charge in [0.15, 0.2) is 0 Å². The van der Waals surface area contributed by atoms with Gasteiger partial charge in [-0.15, -0.1) is 0 Å². The van der Waals surface area contributed by atoms with Crippen LogP contribution in [0.25, 0.3) is 0 Å². The van der Waals surface area contributed by atoms with Crippen LogP contribution in [-0.4, -0.2) is 24.1 Å². The van der Waals surface area contributed by atoms with Crippen molar-refractivity contribution < 1.29 is 0 Å². The molecule has 4 heteroatoms. The summed E-state index contributed by atoms with van der Waals surface area (Å²) in [4.78, 5) is 6.49. The predicted molar refractivity (Wildman–Crippen MR) is 85.8 cm³/mol. The van der Waals surface area contributed by atoms with Crippen molar-refractivity contribution in [3.63, 3.8) is 0 Å². The molecule has 1 fully saturated rings. The van der Waals surface area contributed by atoms with Crippen molar-refractivity contribution in [2.75, 3.05) is 18.0 Å². The fourth-order valence-electron chi connectivity index (χ4n) is 2.58. The smallest absolute Gasteiger partial charge is 0.0367 e. The molecule has 104 valence electrons. The van der Waals surface area contributed by atoms with Crippen molar-refractivity contribution >= 4 is 21.6 Å². The number of nitrogens with zero attached hydrogens (tertiary/aromatic N) is 2. The van der Waals surface area contributed by atoms with Crippen molar-refractivity contribution in [1.29, 1.82) is 0 Å². The van der Waals surface area contributed by atoms with Crippen LogP contribution < -0.4 is 10.2 Å². The molecule has 1 aromatic heterocycles. The lowest BCUT2D eigenvalue weighted by Crippen LogP contribution is -2.32. The zero-order valence-corrected chi connectivity index (χ0v) is 12.9. The molecular weight excluding hydrogens is 314 g/mol. The SMILES string of the molecule is Brc1ccc(N2CC[C@@H](NCc3ccncc3)C2)cc1. The van der Waals surface area contributed by atoms with Crippen molar-refractivity contribution in [3.8, 4) is 0 Å². The molecule has 1 aromatic carbocycles. The van der Waals surface area contributed by atoms with Gasteiger partial charge in [0, 0.05) is 48.2 Å². The number of halogens is 1. The molecule has 0 amide bonds. The van der Waals surface area contributed by atoms with Crippen LogP contribution in [0.3, 0.4) is 0 Å². The molecule has 0 saturated carbocycles. The fraction of sp³-hybridized carbons (Fsp3) is 0.312. The first kappa shape index (κ1) is 13.6. The van der Waals surface area contributed by atoms with Crippen LogP contribution in [0.5, 0.6) is 0 Å². The van der Waals surface area contributed by atoms with Crippen LogP contribution in [0, 0.1) is 0 Å². The minimum Gasteiger partial charge on any atom is -0.370 e. The molecule has 1 N–H and O–H groups in total. The summed E-state index contributed by atoms with van der Waals surface area (Å²) in [6, 6.07) is 13.3. The zero-order chi connectivity index (χ0) is 13.8. The Bertz CT molecular complexity index is 541. The van der Waals surface area contributed by atoms with Gasteiger partial charge >= 0.3 is 0 Å². The van der Waals surface area contributed by atoms with Gasteiger partial charge in [-0.2, -0.15) is 0 Å². The van der Waals surface area contributed by atoms with E-state index in [0.29, 0.717) is 6.04 Å². The van der Waals surface area contributed by atoms with Gasteiger partial charge in [0.05, 0.1) is 0 Å². The monoisotopic (exact) mass is 331 g/mol. The Hall–Kier alpha value is -1.39. The number of pyridine rings is 1. The Kier molecular flexibility index (Phi) is 4.33. The second kappa shape index (κ2) is 6.37. The number of rotatable bonds is 4. The largest absolute Gasteiger partial charge is 0.370 e. The van der Waals surface area contributed by atoms with Crippen LogP contribution in [-0.2, 0) is 6.54 Å². The molecule has 0 unspecified atom stereocenters. The molecule has 3 nitrogen and oxygen atoms in total. The maximum atomic E-state index is 4.04. The number of hydrogen-bond acceptors (Lipinski definition) is 3. The highest BCUT2D eigenvalue weighted by Gasteiger charge is 2.21. The molecule has 20 heavy (non-hydrogen) atoms. The van der Waals surface area contributed by atoms with Crippen LogP contribution in [0.4, 0.5) is 5.69 Å². The number of hydrogen-bond donors (Lipinski definition) is 1. The van der Waals surface area contributed by atoms with E-state index in [-0.39, 0.29) is 0 Å². The van der Waals surface area contributed by atoms with Gasteiger partial charge in [0.25, 0.3) is 0 Å². The summed E-state index contributed by atoms with van der Waals surface area (Å²) in [5, 5.41) is 3.63. The van der Waals surface area contributed by atoms with E-state index < -0.39 is 0 Å². The lowest BCUT2D eigenvalue weighted by Gasteiger charge is -2.19. The minimum atomic E-state index is 0.562. The topological polar surface area (TPSA) is 28.2 Å². The van der Waals surface area contributed by atoms with E-state index in [0.717, 1.165) is 24.1 Å². The third-order valence-electron chi connectivity index (χ3n) is 3.72. The van der Waals surface area contributed by atoms with Crippen LogP contribution in [0.1, 0.15) is 12.0 Å². The second-order valence-corrected chi connectivity index (χ2v) is 6.06. The first-order valence-corrected chi connectivity index (χ1v) is 7.73. The third kappa shape index (κ3) is 3.38. The van der Waals surface area contributed by atoms with E-state index >= 15 is 0 Å². The summed E-state index contributed by atoms with van der Waals surface area (Å²) >= 11 is 3.48. The van der Waals surface area contributed by atoms with Gasteiger partial charge in [0.2, 0.25) is 0 Å². The third-order valence-corrected chi connectivity index (χ3v) is 4.25. The van der Waals surface area contributed by atoms with Crippen molar-refractivity contribution in [2.24, 2.45) is 0 Å². The first-order chi connectivity index (χ1) is 9.81. The van der Waals surface area contributed by atoms with Crippen molar-refractivity contribution in [1.82, 2.24) is 10.3 Å². The quantitative estimate of drug-likeness (QED) is 0.932. The van der Waals surface area contributed by atoms with Gasteiger partial charge in [-0.3, -0.25) is 4.98 Å². The summed E-state index contributed by atoms with van der Waals surface area (Å²) in [7, 11) is 0. The van der Waals surface area contributed by atoms with Gasteiger partial charge in [0.1, 0.15) is 0 Å². The Morgan fingerprint density at radius 2 is 1.90 bits per heavy atom. The van der Waals surface area contributed by atoms with E-state index in [1.807, 2.05) is 12.4 Å². The lowest BCUT2D eigenvalue weighted by molar-refractivity contribution is 0.551. The number of anilines is 1. The second-order valence-electron chi connectivity index (χ2n) is 5.14. The average molecular weight is 332 g/mol. The van der Waals surface area contributed by atoms with Crippen LogP contribution in [0.2, 0.25) is 0 Å². The molecule has 0 aliphatic carbocycles. The Morgan fingerprint density at radius 1 is 1.15 bits per heavy atom. The number of nitrogens with one attached hydrogen (secondary N) is 1. The zero-order valence-electron chi connectivity index (χ0n) is 11.3. The normalized spacial score (nSPS) is 18.4. The van der Waals surface area contributed by atoms with Crippen molar-refractivity contribution in [3.05, 3.63) is 58.8 Å². The highest BCUT2D eigenvalue weighted by Crippen LogP contribution is 2.22. The standard InChI is InChI=1S/C16H18BrN3/c17-14-1-3-16(4-2-14)20-10-7-15(12-20)19-11-13-5-8-18-9-6-13/h1-6,8-9,15,19H,7,10-12H2/t15-/m1/s1. The highest BCUT2D eigenvalue weighted by atomic mass is 79.9. The molecular formula is C16H18BrN3. The van der Waals surface area contributed by atoms with E-state index in [2.05, 4.69) is 67.5 Å². The molecule has 2 aromatic rings. The molecule has 1 atom stereocenters. The van der Waals surface area contributed by atoms with E-state index in [4.69, 9.17) is 0 Å². The molecule has 2 heterocycles. The first-order valence-electron chi connectivity index (χ1n) is 6.94. The Labute approximate surface area is 128 Å². The van der Waals surface area contributed by atoms with E-state index in [9.17, 15) is 0 Å². The molecule has 0 bridgehead atoms. The number of benzene rings is 1. The van der Waals surface area contributed by atoms with Gasteiger partial charge in [-0.25, -0.2) is 0 Å². The summed E-state index contributed by atoms with van der Waals surface area (Å²) < 4.78 is 1.13. The summed E-state index contributed by atoms with van der Waals surface area (Å²) in [6.07, 6.45) is 4.89. The fourth-order valence-corrected chi connectivity index (χ4v) is 2.84. The van der Waals surface area contributed by atoms with Gasteiger partial charge in [-0.05, 0) is 48.4 Å². The molecule has 1 saturated heterocycles. The highest BCUT2D eigenvalue weighted by molar-refractivity contribution is 9.10. The van der Waals surface area contributed by atoms with E-state index in [1.54, 1.807) is 0 Å². The average Bonchev–Trinajstić information content (AvgIpc) is 2.96. The van der Waals surface area contributed by atoms with Gasteiger partial charge in [-0.1, -0.05) is 15.9 Å². The Balaban J connectivity index is 1.53. The molecule has 3 rings (SSSR count). The summed E-state index contributed by atoms with van der Waals surface area (Å²) in [5.41, 5.74) is 2.60.